The van der Waals surface area contributed by atoms with Crippen LogP contribution in [0.4, 0.5) is 0 Å². The molecule has 23 heavy (non-hydrogen) atoms. The predicted octanol–water partition coefficient (Wildman–Crippen LogP) is 4.38. The molecular formula is C18H20Cl2N2O. The van der Waals surface area contributed by atoms with E-state index >= 15 is 0 Å². The second-order valence-electron chi connectivity index (χ2n) is 6.15. The highest BCUT2D eigenvalue weighted by Gasteiger charge is 2.34. The predicted molar refractivity (Wildman–Crippen MR) is 94.4 cm³/mol. The number of halogens is 2. The second-order valence-corrected chi connectivity index (χ2v) is 6.93. The van der Waals surface area contributed by atoms with Crippen molar-refractivity contribution in [3.8, 4) is 5.75 Å². The van der Waals surface area contributed by atoms with Gasteiger partial charge in [0, 0.05) is 18.2 Å². The van der Waals surface area contributed by atoms with Crippen LogP contribution in [0.15, 0.2) is 42.7 Å². The molecule has 2 aromatic rings. The SMILES string of the molecule is Clc1cccc(CC2(COc3cccnc3)CCCNC2)c1Cl. The summed E-state index contributed by atoms with van der Waals surface area (Å²) in [7, 11) is 0. The van der Waals surface area contributed by atoms with Crippen molar-refractivity contribution in [3.05, 3.63) is 58.3 Å². The third kappa shape index (κ3) is 4.17. The average Bonchev–Trinajstić information content (AvgIpc) is 2.59. The molecule has 3 nitrogen and oxygen atoms in total. The Morgan fingerprint density at radius 2 is 2.13 bits per heavy atom. The number of aromatic nitrogens is 1. The minimum atomic E-state index is 0.0163. The molecule has 1 aliphatic rings. The maximum atomic E-state index is 6.39. The van der Waals surface area contributed by atoms with Crippen molar-refractivity contribution in [1.29, 1.82) is 0 Å². The molecule has 2 heterocycles. The normalized spacial score (nSPS) is 21.1. The zero-order valence-corrected chi connectivity index (χ0v) is 14.4. The standard InChI is InChI=1S/C18H20Cl2N2O/c19-16-6-1-4-14(17(16)20)10-18(7-3-9-22-12-18)13-23-15-5-2-8-21-11-15/h1-2,4-6,8,11,22H,3,7,9-10,12-13H2. The topological polar surface area (TPSA) is 34.1 Å². The summed E-state index contributed by atoms with van der Waals surface area (Å²) in [4.78, 5) is 4.10. The third-order valence-corrected chi connectivity index (χ3v) is 5.20. The lowest BCUT2D eigenvalue weighted by molar-refractivity contribution is 0.110. The fraction of sp³-hybridized carbons (Fsp3) is 0.389. The molecule has 0 saturated carbocycles. The highest BCUT2D eigenvalue weighted by atomic mass is 35.5. The summed E-state index contributed by atoms with van der Waals surface area (Å²) >= 11 is 12.6. The van der Waals surface area contributed by atoms with E-state index in [2.05, 4.69) is 16.4 Å². The smallest absolute Gasteiger partial charge is 0.137 e. The van der Waals surface area contributed by atoms with Crippen molar-refractivity contribution < 1.29 is 4.74 Å². The molecule has 1 atom stereocenters. The van der Waals surface area contributed by atoms with Gasteiger partial charge in [0.25, 0.3) is 0 Å². The quantitative estimate of drug-likeness (QED) is 0.868. The molecule has 5 heteroatoms. The van der Waals surface area contributed by atoms with Crippen LogP contribution in [-0.2, 0) is 6.42 Å². The van der Waals surface area contributed by atoms with Gasteiger partial charge in [0.15, 0.2) is 0 Å². The Labute approximate surface area is 147 Å². The molecule has 1 aromatic carbocycles. The Balaban J connectivity index is 1.77. The first-order valence-electron chi connectivity index (χ1n) is 7.85. The lowest BCUT2D eigenvalue weighted by Gasteiger charge is -2.37. The summed E-state index contributed by atoms with van der Waals surface area (Å²) in [5.41, 5.74) is 1.10. The van der Waals surface area contributed by atoms with E-state index in [-0.39, 0.29) is 5.41 Å². The van der Waals surface area contributed by atoms with E-state index < -0.39 is 0 Å². The van der Waals surface area contributed by atoms with Crippen LogP contribution in [0.2, 0.25) is 10.0 Å². The van der Waals surface area contributed by atoms with E-state index in [1.54, 1.807) is 12.4 Å². The van der Waals surface area contributed by atoms with Gasteiger partial charge >= 0.3 is 0 Å². The van der Waals surface area contributed by atoms with Gasteiger partial charge in [0.1, 0.15) is 5.75 Å². The van der Waals surface area contributed by atoms with Crippen LogP contribution in [-0.4, -0.2) is 24.7 Å². The van der Waals surface area contributed by atoms with E-state index in [1.165, 1.54) is 0 Å². The Morgan fingerprint density at radius 1 is 1.22 bits per heavy atom. The number of hydrogen-bond donors (Lipinski definition) is 1. The number of benzene rings is 1. The molecule has 1 aromatic heterocycles. The maximum absolute atomic E-state index is 6.39. The van der Waals surface area contributed by atoms with Crippen LogP contribution < -0.4 is 10.1 Å². The molecule has 0 amide bonds. The highest BCUT2D eigenvalue weighted by Crippen LogP contribution is 2.35. The van der Waals surface area contributed by atoms with Gasteiger partial charge < -0.3 is 10.1 Å². The van der Waals surface area contributed by atoms with Gasteiger partial charge in [0.05, 0.1) is 22.8 Å². The van der Waals surface area contributed by atoms with Crippen LogP contribution in [0.25, 0.3) is 0 Å². The Bertz CT molecular complexity index is 643. The van der Waals surface area contributed by atoms with Gasteiger partial charge in [-0.1, -0.05) is 35.3 Å². The first-order chi connectivity index (χ1) is 11.2. The minimum absolute atomic E-state index is 0.0163. The number of hydrogen-bond acceptors (Lipinski definition) is 3. The number of nitrogens with zero attached hydrogens (tertiary/aromatic N) is 1. The average molecular weight is 351 g/mol. The van der Waals surface area contributed by atoms with Crippen molar-refractivity contribution in [1.82, 2.24) is 10.3 Å². The van der Waals surface area contributed by atoms with Crippen LogP contribution in [0, 0.1) is 5.41 Å². The number of pyridine rings is 1. The maximum Gasteiger partial charge on any atom is 0.137 e. The molecule has 1 N–H and O–H groups in total. The van der Waals surface area contributed by atoms with E-state index in [4.69, 9.17) is 27.9 Å². The summed E-state index contributed by atoms with van der Waals surface area (Å²) in [5.74, 6) is 0.801. The summed E-state index contributed by atoms with van der Waals surface area (Å²) in [6.45, 7) is 2.60. The van der Waals surface area contributed by atoms with Crippen molar-refractivity contribution in [2.75, 3.05) is 19.7 Å². The molecule has 0 spiro atoms. The van der Waals surface area contributed by atoms with Crippen LogP contribution >= 0.6 is 23.2 Å². The largest absolute Gasteiger partial charge is 0.491 e. The van der Waals surface area contributed by atoms with Crippen LogP contribution in [0.3, 0.4) is 0 Å². The fourth-order valence-electron chi connectivity index (χ4n) is 3.11. The van der Waals surface area contributed by atoms with Gasteiger partial charge in [0.2, 0.25) is 0 Å². The lowest BCUT2D eigenvalue weighted by Crippen LogP contribution is -2.45. The highest BCUT2D eigenvalue weighted by molar-refractivity contribution is 6.42. The number of piperidine rings is 1. The van der Waals surface area contributed by atoms with Gasteiger partial charge in [-0.15, -0.1) is 0 Å². The van der Waals surface area contributed by atoms with Gasteiger partial charge in [-0.05, 0) is 49.6 Å². The van der Waals surface area contributed by atoms with E-state index in [0.29, 0.717) is 16.7 Å². The van der Waals surface area contributed by atoms with Crippen molar-refractivity contribution >= 4 is 23.2 Å². The summed E-state index contributed by atoms with van der Waals surface area (Å²) in [6, 6.07) is 9.65. The van der Waals surface area contributed by atoms with Gasteiger partial charge in [-0.3, -0.25) is 4.98 Å². The molecule has 1 saturated heterocycles. The zero-order chi connectivity index (χ0) is 16.1. The van der Waals surface area contributed by atoms with Gasteiger partial charge in [-0.2, -0.15) is 0 Å². The van der Waals surface area contributed by atoms with E-state index in [0.717, 1.165) is 43.7 Å². The number of rotatable bonds is 5. The van der Waals surface area contributed by atoms with Crippen molar-refractivity contribution in [2.45, 2.75) is 19.3 Å². The number of ether oxygens (including phenoxy) is 1. The molecular weight excluding hydrogens is 331 g/mol. The van der Waals surface area contributed by atoms with E-state index in [9.17, 15) is 0 Å². The van der Waals surface area contributed by atoms with E-state index in [1.807, 2.05) is 24.3 Å². The zero-order valence-electron chi connectivity index (χ0n) is 12.9. The minimum Gasteiger partial charge on any atom is -0.491 e. The lowest BCUT2D eigenvalue weighted by atomic mass is 9.76. The van der Waals surface area contributed by atoms with Gasteiger partial charge in [-0.25, -0.2) is 0 Å². The third-order valence-electron chi connectivity index (χ3n) is 4.34. The van der Waals surface area contributed by atoms with Crippen molar-refractivity contribution in [2.24, 2.45) is 5.41 Å². The fourth-order valence-corrected chi connectivity index (χ4v) is 3.50. The molecule has 1 aliphatic heterocycles. The Hall–Kier alpha value is -1.29. The molecule has 0 bridgehead atoms. The molecule has 0 aliphatic carbocycles. The monoisotopic (exact) mass is 350 g/mol. The summed E-state index contributed by atoms with van der Waals surface area (Å²) in [5, 5.41) is 4.76. The summed E-state index contributed by atoms with van der Waals surface area (Å²) in [6.07, 6.45) is 6.57. The molecule has 122 valence electrons. The second kappa shape index (κ2) is 7.52. The van der Waals surface area contributed by atoms with Crippen LogP contribution in [0.5, 0.6) is 5.75 Å². The Morgan fingerprint density at radius 3 is 2.87 bits per heavy atom. The van der Waals surface area contributed by atoms with Crippen LogP contribution in [0.1, 0.15) is 18.4 Å². The number of nitrogens with one attached hydrogen (secondary N) is 1. The summed E-state index contributed by atoms with van der Waals surface area (Å²) < 4.78 is 6.01. The van der Waals surface area contributed by atoms with Crippen molar-refractivity contribution in [3.63, 3.8) is 0 Å². The molecule has 1 fully saturated rings. The first kappa shape index (κ1) is 16.6. The Kier molecular flexibility index (Phi) is 5.42. The molecule has 3 rings (SSSR count). The molecule has 1 unspecified atom stereocenters. The molecule has 0 radical (unpaired) electrons. The first-order valence-corrected chi connectivity index (χ1v) is 8.61.